The van der Waals surface area contributed by atoms with Gasteiger partial charge in [-0.3, -0.25) is 4.79 Å². The van der Waals surface area contributed by atoms with E-state index < -0.39 is 24.1 Å². The molecule has 4 rings (SSSR count). The highest BCUT2D eigenvalue weighted by Crippen LogP contribution is 2.44. The van der Waals surface area contributed by atoms with Crippen LogP contribution in [0.1, 0.15) is 49.8 Å². The fourth-order valence-corrected chi connectivity index (χ4v) is 6.66. The van der Waals surface area contributed by atoms with Crippen molar-refractivity contribution in [3.8, 4) is 11.1 Å². The van der Waals surface area contributed by atoms with Crippen LogP contribution in [0.15, 0.2) is 78.9 Å². The summed E-state index contributed by atoms with van der Waals surface area (Å²) < 4.78 is 11.0. The second-order valence-corrected chi connectivity index (χ2v) is 13.2. The maximum Gasteiger partial charge on any atom is 0.407 e. The molecule has 3 atom stereocenters. The van der Waals surface area contributed by atoms with E-state index in [-0.39, 0.29) is 24.5 Å². The first-order chi connectivity index (χ1) is 21.7. The molecule has 0 spiro atoms. The van der Waals surface area contributed by atoms with E-state index in [9.17, 15) is 14.4 Å². The van der Waals surface area contributed by atoms with Gasteiger partial charge in [0.1, 0.15) is 23.0 Å². The third-order valence-corrected chi connectivity index (χ3v) is 9.06. The Morgan fingerprint density at radius 3 is 2.04 bits per heavy atom. The highest BCUT2D eigenvalue weighted by atomic mass is 32.2. The van der Waals surface area contributed by atoms with Crippen LogP contribution in [-0.4, -0.2) is 59.9 Å². The fourth-order valence-electron chi connectivity index (χ4n) is 5.51. The predicted molar refractivity (Wildman–Crippen MR) is 183 cm³/mol. The van der Waals surface area contributed by atoms with Crippen molar-refractivity contribution in [2.24, 2.45) is 5.92 Å². The van der Waals surface area contributed by atoms with Gasteiger partial charge in [-0.15, -0.1) is 0 Å². The van der Waals surface area contributed by atoms with E-state index in [1.165, 1.54) is 30.0 Å². The van der Waals surface area contributed by atoms with Crippen LogP contribution < -0.4 is 16.0 Å². The van der Waals surface area contributed by atoms with Crippen LogP contribution >= 0.6 is 24.0 Å². The molecule has 0 aliphatic heterocycles. The van der Waals surface area contributed by atoms with Crippen LogP contribution in [0.5, 0.6) is 0 Å². The number of fused-ring (bicyclic) bond motifs is 3. The number of carbonyl (C=O) groups is 3. The quantitative estimate of drug-likeness (QED) is 0.157. The van der Waals surface area contributed by atoms with Gasteiger partial charge in [0, 0.05) is 24.1 Å². The topological polar surface area (TPSA) is 106 Å². The third kappa shape index (κ3) is 9.55. The lowest BCUT2D eigenvalue weighted by Crippen LogP contribution is -2.51. The molecular formula is C35H41N3O5S2. The lowest BCUT2D eigenvalue weighted by Gasteiger charge is -2.24. The van der Waals surface area contributed by atoms with Crippen molar-refractivity contribution in [3.05, 3.63) is 95.6 Å². The molecule has 45 heavy (non-hydrogen) atoms. The number of carbonyl (C=O) groups excluding carboxylic acids is 3. The van der Waals surface area contributed by atoms with Crippen molar-refractivity contribution in [3.63, 3.8) is 0 Å². The van der Waals surface area contributed by atoms with Crippen molar-refractivity contribution < 1.29 is 23.9 Å². The number of thioether (sulfide) groups is 1. The summed E-state index contributed by atoms with van der Waals surface area (Å²) >= 11 is 6.99. The number of esters is 1. The number of alkyl carbamates (subject to hydrolysis) is 1. The summed E-state index contributed by atoms with van der Waals surface area (Å²) in [5, 5.41) is 8.90. The Balaban J connectivity index is 1.34. The van der Waals surface area contributed by atoms with Gasteiger partial charge in [-0.05, 0) is 47.1 Å². The van der Waals surface area contributed by atoms with Gasteiger partial charge in [0.2, 0.25) is 5.91 Å². The molecule has 1 aliphatic rings. The minimum atomic E-state index is -0.805. The van der Waals surface area contributed by atoms with Crippen LogP contribution in [0.2, 0.25) is 0 Å². The number of rotatable bonds is 13. The zero-order chi connectivity index (χ0) is 32.3. The molecule has 8 nitrogen and oxygen atoms in total. The third-order valence-electron chi connectivity index (χ3n) is 7.64. The Morgan fingerprint density at radius 1 is 0.844 bits per heavy atom. The second-order valence-electron chi connectivity index (χ2n) is 11.5. The molecule has 10 heteroatoms. The zero-order valence-electron chi connectivity index (χ0n) is 26.1. The van der Waals surface area contributed by atoms with Gasteiger partial charge in [-0.2, -0.15) is 0 Å². The van der Waals surface area contributed by atoms with Gasteiger partial charge in [-0.1, -0.05) is 117 Å². The minimum absolute atomic E-state index is 0.0209. The summed E-state index contributed by atoms with van der Waals surface area (Å²) in [7, 11) is 1.28. The van der Waals surface area contributed by atoms with Crippen molar-refractivity contribution in [2.75, 3.05) is 19.5 Å². The van der Waals surface area contributed by atoms with Gasteiger partial charge in [0.25, 0.3) is 0 Å². The monoisotopic (exact) mass is 647 g/mol. The van der Waals surface area contributed by atoms with Crippen molar-refractivity contribution in [2.45, 2.75) is 57.7 Å². The summed E-state index contributed by atoms with van der Waals surface area (Å²) in [6.07, 6.45) is 0.624. The molecule has 3 aromatic rings. The van der Waals surface area contributed by atoms with E-state index in [1.54, 1.807) is 6.92 Å². The molecule has 2 amide bonds. The number of ether oxygens (including phenoxy) is 2. The van der Waals surface area contributed by atoms with Gasteiger partial charge in [-0.25, -0.2) is 9.59 Å². The molecule has 0 radical (unpaired) electrons. The maximum absolute atomic E-state index is 13.2. The van der Waals surface area contributed by atoms with Gasteiger partial charge >= 0.3 is 12.1 Å². The molecule has 0 fully saturated rings. The van der Waals surface area contributed by atoms with Crippen LogP contribution in [0.3, 0.4) is 0 Å². The summed E-state index contributed by atoms with van der Waals surface area (Å²) in [6.45, 7) is 6.00. The predicted octanol–water partition coefficient (Wildman–Crippen LogP) is 5.84. The average molecular weight is 648 g/mol. The number of hydrogen-bond acceptors (Lipinski definition) is 7. The van der Waals surface area contributed by atoms with E-state index in [1.807, 2.05) is 54.6 Å². The summed E-state index contributed by atoms with van der Waals surface area (Å²) in [5.74, 6) is -0.105. The van der Waals surface area contributed by atoms with E-state index in [0.717, 1.165) is 23.1 Å². The lowest BCUT2D eigenvalue weighted by atomic mass is 9.98. The SMILES string of the molecule is COC(=O)[C@H](C)NC(=O)[C@H](Cc1ccccc1)NC(=S)SC[C@H](CC(C)C)NC(=O)OCC1c2ccccc2-c2ccccc21. The molecule has 0 heterocycles. The number of hydrogen-bond donors (Lipinski definition) is 3. The van der Waals surface area contributed by atoms with E-state index >= 15 is 0 Å². The van der Waals surface area contributed by atoms with E-state index in [0.29, 0.717) is 22.4 Å². The Morgan fingerprint density at radius 2 is 1.44 bits per heavy atom. The van der Waals surface area contributed by atoms with Crippen LogP contribution in [0.25, 0.3) is 11.1 Å². The largest absolute Gasteiger partial charge is 0.467 e. The standard InChI is InChI=1S/C35H41N3O5S2/c1-22(2)18-25(37-34(41)43-20-30-28-16-10-8-14-26(28)27-15-9-11-17-29(27)30)21-45-35(44)38-31(19-24-12-6-5-7-13-24)32(39)36-23(3)33(40)42-4/h5-17,22-23,25,30-31H,18-21H2,1-4H3,(H,36,39)(H,37,41)(H,38,44)/t23-,25-,31-/m0/s1. The molecule has 0 saturated carbocycles. The van der Waals surface area contributed by atoms with Crippen molar-refractivity contribution in [1.29, 1.82) is 0 Å². The number of nitrogens with one attached hydrogen (secondary N) is 3. The second kappa shape index (κ2) is 16.4. The number of amides is 2. The Hall–Kier alpha value is -3.89. The molecule has 0 aromatic heterocycles. The summed E-state index contributed by atoms with van der Waals surface area (Å²) in [4.78, 5) is 38.1. The van der Waals surface area contributed by atoms with E-state index in [4.69, 9.17) is 21.7 Å². The van der Waals surface area contributed by atoms with Gasteiger partial charge in [0.15, 0.2) is 0 Å². The Labute approximate surface area is 275 Å². The molecule has 0 bridgehead atoms. The lowest BCUT2D eigenvalue weighted by molar-refractivity contribution is -0.144. The highest BCUT2D eigenvalue weighted by molar-refractivity contribution is 8.23. The first kappa shape index (κ1) is 34.0. The number of benzene rings is 3. The summed E-state index contributed by atoms with van der Waals surface area (Å²) in [5.41, 5.74) is 5.62. The van der Waals surface area contributed by atoms with E-state index in [2.05, 4.69) is 54.1 Å². The molecule has 238 valence electrons. The smallest absolute Gasteiger partial charge is 0.407 e. The zero-order valence-corrected chi connectivity index (χ0v) is 27.7. The van der Waals surface area contributed by atoms with Crippen LogP contribution in [0, 0.1) is 5.92 Å². The Kier molecular flexibility index (Phi) is 12.4. The first-order valence-corrected chi connectivity index (χ1v) is 16.5. The minimum Gasteiger partial charge on any atom is -0.467 e. The molecule has 3 aromatic carbocycles. The normalized spacial score (nSPS) is 14.0. The molecular weight excluding hydrogens is 607 g/mol. The Bertz CT molecular complexity index is 1440. The number of methoxy groups -OCH3 is 1. The van der Waals surface area contributed by atoms with Gasteiger partial charge < -0.3 is 25.4 Å². The average Bonchev–Trinajstić information content (AvgIpc) is 3.35. The van der Waals surface area contributed by atoms with Crippen molar-refractivity contribution in [1.82, 2.24) is 16.0 Å². The fraction of sp³-hybridized carbons (Fsp3) is 0.371. The maximum atomic E-state index is 13.2. The molecule has 1 aliphatic carbocycles. The highest BCUT2D eigenvalue weighted by Gasteiger charge is 2.30. The van der Waals surface area contributed by atoms with Crippen LogP contribution in [0.4, 0.5) is 4.79 Å². The number of thiocarbonyl (C=S) groups is 1. The summed E-state index contributed by atoms with van der Waals surface area (Å²) in [6, 6.07) is 24.3. The van der Waals surface area contributed by atoms with Crippen molar-refractivity contribution >= 4 is 46.3 Å². The first-order valence-electron chi connectivity index (χ1n) is 15.1. The molecule has 0 unspecified atom stereocenters. The van der Waals surface area contributed by atoms with Crippen LogP contribution in [-0.2, 0) is 25.5 Å². The van der Waals surface area contributed by atoms with Gasteiger partial charge in [0.05, 0.1) is 7.11 Å². The molecule has 3 N–H and O–H groups in total. The molecule has 0 saturated heterocycles.